The SMILES string of the molecule is CC1=C(C)C(C)=C(C2=C(C)C(C)=C(C)C2)C1.Cl.Cl.Cl.Cl.[Zr][CH]1CCC2C=CC=CC12.[Zr][CH]1CCC2C=CC=CC12. The topological polar surface area (TPSA) is 0 Å². The predicted octanol–water partition coefficient (Wildman–Crippen LogP) is 11.7. The molecule has 0 aromatic rings. The van der Waals surface area contributed by atoms with Crippen LogP contribution < -0.4 is 0 Å². The molecule has 2 saturated carbocycles. The van der Waals surface area contributed by atoms with Gasteiger partial charge in [-0.25, -0.2) is 0 Å². The van der Waals surface area contributed by atoms with Crippen molar-refractivity contribution in [2.45, 2.75) is 87.3 Å². The average Bonchev–Trinajstić information content (AvgIpc) is 3.60. The van der Waals surface area contributed by atoms with Crippen LogP contribution in [0.5, 0.6) is 0 Å². The molecule has 0 aliphatic heterocycles. The van der Waals surface area contributed by atoms with Crippen molar-refractivity contribution in [3.05, 3.63) is 93.2 Å². The van der Waals surface area contributed by atoms with Crippen molar-refractivity contribution in [1.82, 2.24) is 0 Å². The summed E-state index contributed by atoms with van der Waals surface area (Å²) < 4.78 is 2.02. The summed E-state index contributed by atoms with van der Waals surface area (Å²) in [5.74, 6) is 3.61. The van der Waals surface area contributed by atoms with Crippen LogP contribution in [0.25, 0.3) is 0 Å². The quantitative estimate of drug-likeness (QED) is 0.249. The molecule has 6 heteroatoms. The fourth-order valence-electron chi connectivity index (χ4n) is 6.73. The first kappa shape index (κ1) is 40.8. The fourth-order valence-corrected chi connectivity index (χ4v) is 9.31. The Hall–Kier alpha value is 0.846. The average molecular weight is 781 g/mol. The predicted molar refractivity (Wildman–Crippen MR) is 177 cm³/mol. The number of hydrogen-bond acceptors (Lipinski definition) is 0. The summed E-state index contributed by atoms with van der Waals surface area (Å²) in [4.78, 5) is 0. The Labute approximate surface area is 300 Å². The van der Waals surface area contributed by atoms with E-state index in [1.165, 1.54) is 60.8 Å². The van der Waals surface area contributed by atoms with Crippen LogP contribution in [0.3, 0.4) is 0 Å². The summed E-state index contributed by atoms with van der Waals surface area (Å²) >= 11 is 3.47. The molecule has 0 radical (unpaired) electrons. The van der Waals surface area contributed by atoms with Crippen LogP contribution in [0.15, 0.2) is 93.2 Å². The Morgan fingerprint density at radius 2 is 0.800 bits per heavy atom. The Bertz CT molecular complexity index is 1030. The zero-order valence-corrected chi connectivity index (χ0v) is 33.1. The molecule has 0 amide bonds. The van der Waals surface area contributed by atoms with Crippen LogP contribution in [0, 0.1) is 23.7 Å². The van der Waals surface area contributed by atoms with Gasteiger partial charge in [-0.2, -0.15) is 0 Å². The maximum atomic E-state index is 2.40. The second-order valence-corrected chi connectivity index (χ2v) is 15.4. The number of allylic oxidation sites excluding steroid dienone is 16. The van der Waals surface area contributed by atoms with Crippen molar-refractivity contribution in [3.8, 4) is 0 Å². The zero-order chi connectivity index (χ0) is 26.0. The van der Waals surface area contributed by atoms with Gasteiger partial charge in [0.25, 0.3) is 0 Å². The van der Waals surface area contributed by atoms with Crippen molar-refractivity contribution in [3.63, 3.8) is 0 Å². The number of halogens is 4. The molecule has 0 aromatic carbocycles. The first-order valence-corrected chi connectivity index (χ1v) is 16.9. The molecular formula is C34H48Cl4Zr2. The van der Waals surface area contributed by atoms with Crippen LogP contribution in [-0.2, 0) is 49.4 Å². The van der Waals surface area contributed by atoms with Crippen molar-refractivity contribution in [2.24, 2.45) is 23.7 Å². The van der Waals surface area contributed by atoms with E-state index < -0.39 is 0 Å². The summed E-state index contributed by atoms with van der Waals surface area (Å²) in [6, 6.07) is 0. The molecule has 220 valence electrons. The van der Waals surface area contributed by atoms with Crippen LogP contribution >= 0.6 is 49.6 Å². The Balaban J connectivity index is 0.000000562. The van der Waals surface area contributed by atoms with Gasteiger partial charge in [0.05, 0.1) is 0 Å². The van der Waals surface area contributed by atoms with Crippen LogP contribution in [0.1, 0.15) is 80.1 Å². The first-order valence-electron chi connectivity index (χ1n) is 14.0. The maximum absolute atomic E-state index is 2.40. The summed E-state index contributed by atoms with van der Waals surface area (Å²) in [5, 5.41) is 0. The van der Waals surface area contributed by atoms with Gasteiger partial charge in [-0.1, -0.05) is 11.1 Å². The van der Waals surface area contributed by atoms with Crippen LogP contribution in [-0.4, -0.2) is 0 Å². The number of rotatable bonds is 1. The van der Waals surface area contributed by atoms with E-state index in [1.54, 1.807) is 71.7 Å². The van der Waals surface area contributed by atoms with Gasteiger partial charge in [0.1, 0.15) is 0 Å². The fraction of sp³-hybridized carbons (Fsp3) is 0.529. The molecule has 6 rings (SSSR count). The first-order chi connectivity index (χ1) is 17.2. The molecule has 2 fully saturated rings. The van der Waals surface area contributed by atoms with E-state index in [-0.39, 0.29) is 49.6 Å². The van der Waals surface area contributed by atoms with E-state index in [1.807, 2.05) is 0 Å². The van der Waals surface area contributed by atoms with E-state index in [4.69, 9.17) is 0 Å². The molecule has 0 aromatic heterocycles. The van der Waals surface area contributed by atoms with Gasteiger partial charge in [0, 0.05) is 0 Å². The van der Waals surface area contributed by atoms with E-state index in [0.29, 0.717) is 0 Å². The molecule has 40 heavy (non-hydrogen) atoms. The zero-order valence-electron chi connectivity index (χ0n) is 25.0. The third-order valence-corrected chi connectivity index (χ3v) is 13.0. The molecule has 0 saturated heterocycles. The van der Waals surface area contributed by atoms with Gasteiger partial charge in [-0.3, -0.25) is 0 Å². The van der Waals surface area contributed by atoms with Crippen molar-refractivity contribution in [1.29, 1.82) is 0 Å². The number of fused-ring (bicyclic) bond motifs is 2. The summed E-state index contributed by atoms with van der Waals surface area (Å²) in [5.41, 5.74) is 12.4. The van der Waals surface area contributed by atoms with E-state index in [9.17, 15) is 0 Å². The Morgan fingerprint density at radius 3 is 1.07 bits per heavy atom. The van der Waals surface area contributed by atoms with Crippen LogP contribution in [0.2, 0.25) is 7.25 Å². The Kier molecular flexibility index (Phi) is 19.0. The third kappa shape index (κ3) is 9.42. The summed E-state index contributed by atoms with van der Waals surface area (Å²) in [6.45, 7) is 13.6. The molecule has 0 nitrogen and oxygen atoms in total. The van der Waals surface area contributed by atoms with Gasteiger partial charge in [0.15, 0.2) is 0 Å². The monoisotopic (exact) mass is 776 g/mol. The van der Waals surface area contributed by atoms with Crippen LogP contribution in [0.4, 0.5) is 0 Å². The normalized spacial score (nSPS) is 30.7. The number of hydrogen-bond donors (Lipinski definition) is 0. The molecule has 0 N–H and O–H groups in total. The second-order valence-electron chi connectivity index (χ2n) is 11.8. The Morgan fingerprint density at radius 1 is 0.475 bits per heavy atom. The van der Waals surface area contributed by atoms with Gasteiger partial charge in [-0.05, 0) is 87.8 Å². The summed E-state index contributed by atoms with van der Waals surface area (Å²) in [7, 11) is 0. The van der Waals surface area contributed by atoms with Crippen molar-refractivity contribution >= 4 is 49.6 Å². The molecule has 6 unspecified atom stereocenters. The molecule has 0 bridgehead atoms. The minimum atomic E-state index is 0. The molecule has 6 aliphatic carbocycles. The molecule has 0 heterocycles. The van der Waals surface area contributed by atoms with Gasteiger partial charge in [-0.15, -0.1) is 49.6 Å². The standard InChI is InChI=1S/C16H22.2C9H11.4ClH.2Zr/c1-9-7-15(13(5)11(9)3)16-8-10(2)12(4)14(16)6;2*1-2-5-9-7-3-6-8(9)4-1;;;;;;/h7-8H2,1-6H3;2*1-2,4-6,8-9H,3,7H2;4*1H;;. The molecule has 6 aliphatic rings. The second kappa shape index (κ2) is 18.6. The van der Waals surface area contributed by atoms with E-state index in [0.717, 1.165) is 30.9 Å². The van der Waals surface area contributed by atoms with Crippen molar-refractivity contribution < 1.29 is 49.4 Å². The van der Waals surface area contributed by atoms with Gasteiger partial charge < -0.3 is 0 Å². The molecule has 0 spiro atoms. The van der Waals surface area contributed by atoms with Gasteiger partial charge >= 0.3 is 155 Å². The third-order valence-electron chi connectivity index (χ3n) is 9.70. The molecule has 6 atom stereocenters. The molecular weight excluding hydrogens is 733 g/mol. The van der Waals surface area contributed by atoms with E-state index >= 15 is 0 Å². The minimum absolute atomic E-state index is 0. The van der Waals surface area contributed by atoms with E-state index in [2.05, 4.69) is 90.2 Å². The van der Waals surface area contributed by atoms with Crippen molar-refractivity contribution in [2.75, 3.05) is 0 Å². The summed E-state index contributed by atoms with van der Waals surface area (Å²) in [6.07, 6.45) is 26.5. The van der Waals surface area contributed by atoms with Gasteiger partial charge in [0.2, 0.25) is 0 Å².